The van der Waals surface area contributed by atoms with Crippen LogP contribution < -0.4 is 5.32 Å². The van der Waals surface area contributed by atoms with Crippen molar-refractivity contribution in [3.05, 3.63) is 11.7 Å². The Morgan fingerprint density at radius 1 is 1.35 bits per heavy atom. The lowest BCUT2D eigenvalue weighted by molar-refractivity contribution is 0.184. The molecular formula is C15H26N4O. The largest absolute Gasteiger partial charge is 0.338 e. The van der Waals surface area contributed by atoms with Crippen LogP contribution in [0, 0.1) is 11.8 Å². The predicted octanol–water partition coefficient (Wildman–Crippen LogP) is 1.84. The van der Waals surface area contributed by atoms with Crippen LogP contribution in [0.15, 0.2) is 4.52 Å². The fraction of sp³-hybridized carbons (Fsp3) is 0.867. The van der Waals surface area contributed by atoms with E-state index in [0.717, 1.165) is 42.9 Å². The first-order valence-electron chi connectivity index (χ1n) is 8.08. The summed E-state index contributed by atoms with van der Waals surface area (Å²) >= 11 is 0. The molecule has 0 aliphatic carbocycles. The molecule has 20 heavy (non-hydrogen) atoms. The topological polar surface area (TPSA) is 54.2 Å². The summed E-state index contributed by atoms with van der Waals surface area (Å²) in [6.45, 7) is 8.81. The maximum atomic E-state index is 5.42. The van der Waals surface area contributed by atoms with Crippen molar-refractivity contribution >= 4 is 0 Å². The molecule has 2 aliphatic heterocycles. The second-order valence-electron chi connectivity index (χ2n) is 6.20. The molecule has 112 valence electrons. The normalized spacial score (nSPS) is 30.0. The van der Waals surface area contributed by atoms with E-state index >= 15 is 0 Å². The van der Waals surface area contributed by atoms with Crippen molar-refractivity contribution in [3.63, 3.8) is 0 Å². The Labute approximate surface area is 121 Å². The molecule has 0 spiro atoms. The Hall–Kier alpha value is -0.940. The Bertz CT molecular complexity index is 433. The molecule has 0 bridgehead atoms. The van der Waals surface area contributed by atoms with Crippen LogP contribution in [0.4, 0.5) is 0 Å². The molecule has 3 atom stereocenters. The first-order chi connectivity index (χ1) is 9.81. The van der Waals surface area contributed by atoms with Gasteiger partial charge in [-0.2, -0.15) is 4.98 Å². The van der Waals surface area contributed by atoms with Crippen molar-refractivity contribution in [2.45, 2.75) is 52.1 Å². The van der Waals surface area contributed by atoms with Gasteiger partial charge < -0.3 is 9.84 Å². The Balaban J connectivity index is 1.61. The maximum absolute atomic E-state index is 5.42. The van der Waals surface area contributed by atoms with E-state index in [0.29, 0.717) is 6.04 Å². The van der Waals surface area contributed by atoms with Crippen molar-refractivity contribution in [3.8, 4) is 0 Å². The average molecular weight is 278 g/mol. The number of aryl methyl sites for hydroxylation is 1. The highest BCUT2D eigenvalue weighted by Gasteiger charge is 2.43. The molecule has 0 radical (unpaired) electrons. The van der Waals surface area contributed by atoms with Crippen molar-refractivity contribution in [2.24, 2.45) is 11.8 Å². The monoisotopic (exact) mass is 278 g/mol. The van der Waals surface area contributed by atoms with Crippen molar-refractivity contribution in [1.82, 2.24) is 20.4 Å². The highest BCUT2D eigenvalue weighted by molar-refractivity contribution is 4.99. The molecule has 3 heterocycles. The van der Waals surface area contributed by atoms with Gasteiger partial charge in [-0.15, -0.1) is 0 Å². The van der Waals surface area contributed by atoms with E-state index in [1.807, 2.05) is 0 Å². The van der Waals surface area contributed by atoms with Crippen LogP contribution in [0.25, 0.3) is 0 Å². The minimum Gasteiger partial charge on any atom is -0.338 e. The van der Waals surface area contributed by atoms with Gasteiger partial charge in [0.2, 0.25) is 5.89 Å². The summed E-state index contributed by atoms with van der Waals surface area (Å²) in [5.74, 6) is 3.28. The number of rotatable bonds is 6. The smallest absolute Gasteiger partial charge is 0.240 e. The minimum absolute atomic E-state index is 0.668. The molecule has 3 unspecified atom stereocenters. The Kier molecular flexibility index (Phi) is 4.36. The average Bonchev–Trinajstić information content (AvgIpc) is 3.12. The number of hydrogen-bond donors (Lipinski definition) is 1. The number of likely N-dealkylation sites (tertiary alicyclic amines) is 1. The minimum atomic E-state index is 0.668. The first kappa shape index (κ1) is 14.0. The molecule has 0 aromatic carbocycles. The van der Waals surface area contributed by atoms with E-state index in [4.69, 9.17) is 4.52 Å². The molecule has 1 N–H and O–H groups in total. The van der Waals surface area contributed by atoms with Crippen LogP contribution in [0.5, 0.6) is 0 Å². The van der Waals surface area contributed by atoms with Gasteiger partial charge in [-0.05, 0) is 37.8 Å². The number of fused-ring (bicyclic) bond motifs is 1. The summed E-state index contributed by atoms with van der Waals surface area (Å²) in [5, 5.41) is 7.62. The summed E-state index contributed by atoms with van der Waals surface area (Å²) < 4.78 is 5.42. The maximum Gasteiger partial charge on any atom is 0.240 e. The Morgan fingerprint density at radius 2 is 2.25 bits per heavy atom. The highest BCUT2D eigenvalue weighted by atomic mass is 16.5. The fourth-order valence-electron chi connectivity index (χ4n) is 3.82. The molecule has 5 nitrogen and oxygen atoms in total. The zero-order chi connectivity index (χ0) is 13.9. The third-order valence-corrected chi connectivity index (χ3v) is 4.85. The first-order valence-corrected chi connectivity index (χ1v) is 8.08. The third kappa shape index (κ3) is 2.74. The van der Waals surface area contributed by atoms with E-state index in [-0.39, 0.29) is 0 Å². The van der Waals surface area contributed by atoms with Crippen LogP contribution in [0.3, 0.4) is 0 Å². The standard InChI is InChI=1S/C15H26N4O/c1-3-5-6-14-17-15(20-18-14)10-19-9-11-7-16-8-12(11)13(19)4-2/h11-13,16H,3-10H2,1-2H3. The molecule has 0 saturated carbocycles. The van der Waals surface area contributed by atoms with E-state index < -0.39 is 0 Å². The van der Waals surface area contributed by atoms with Gasteiger partial charge in [-0.25, -0.2) is 0 Å². The summed E-state index contributed by atoms with van der Waals surface area (Å²) in [6.07, 6.45) is 4.45. The van der Waals surface area contributed by atoms with E-state index in [1.165, 1.54) is 32.5 Å². The van der Waals surface area contributed by atoms with Crippen LogP contribution >= 0.6 is 0 Å². The van der Waals surface area contributed by atoms with Gasteiger partial charge in [-0.3, -0.25) is 4.90 Å². The zero-order valence-corrected chi connectivity index (χ0v) is 12.6. The van der Waals surface area contributed by atoms with E-state index in [2.05, 4.69) is 34.2 Å². The fourth-order valence-corrected chi connectivity index (χ4v) is 3.82. The van der Waals surface area contributed by atoms with Crippen molar-refractivity contribution < 1.29 is 4.52 Å². The Morgan fingerprint density at radius 3 is 3.05 bits per heavy atom. The number of unbranched alkanes of at least 4 members (excludes halogenated alkanes) is 1. The molecule has 2 aliphatic rings. The van der Waals surface area contributed by atoms with Crippen molar-refractivity contribution in [2.75, 3.05) is 19.6 Å². The molecule has 0 amide bonds. The van der Waals surface area contributed by atoms with Crippen LogP contribution in [0.1, 0.15) is 44.8 Å². The third-order valence-electron chi connectivity index (χ3n) is 4.85. The summed E-state index contributed by atoms with van der Waals surface area (Å²) in [7, 11) is 0. The SMILES string of the molecule is CCCCc1noc(CN2CC3CNCC3C2CC)n1. The lowest BCUT2D eigenvalue weighted by atomic mass is 9.93. The van der Waals surface area contributed by atoms with Gasteiger partial charge in [0, 0.05) is 19.0 Å². The summed E-state index contributed by atoms with van der Waals surface area (Å²) in [4.78, 5) is 7.09. The molecular weight excluding hydrogens is 252 g/mol. The number of hydrogen-bond acceptors (Lipinski definition) is 5. The van der Waals surface area contributed by atoms with Gasteiger partial charge in [0.05, 0.1) is 6.54 Å². The van der Waals surface area contributed by atoms with Gasteiger partial charge in [0.1, 0.15) is 0 Å². The predicted molar refractivity (Wildman–Crippen MR) is 77.2 cm³/mol. The molecule has 1 aromatic rings. The van der Waals surface area contributed by atoms with Gasteiger partial charge in [0.25, 0.3) is 0 Å². The van der Waals surface area contributed by atoms with Crippen LogP contribution in [-0.4, -0.2) is 40.7 Å². The molecule has 2 fully saturated rings. The molecule has 3 rings (SSSR count). The summed E-state index contributed by atoms with van der Waals surface area (Å²) in [5.41, 5.74) is 0. The second kappa shape index (κ2) is 6.22. The van der Waals surface area contributed by atoms with Crippen LogP contribution in [0.2, 0.25) is 0 Å². The summed E-state index contributed by atoms with van der Waals surface area (Å²) in [6, 6.07) is 0.668. The van der Waals surface area contributed by atoms with Crippen molar-refractivity contribution in [1.29, 1.82) is 0 Å². The second-order valence-corrected chi connectivity index (χ2v) is 6.20. The number of aromatic nitrogens is 2. The van der Waals surface area contributed by atoms with E-state index in [1.54, 1.807) is 0 Å². The highest BCUT2D eigenvalue weighted by Crippen LogP contribution is 2.34. The zero-order valence-electron chi connectivity index (χ0n) is 12.6. The van der Waals surface area contributed by atoms with E-state index in [9.17, 15) is 0 Å². The number of nitrogens with one attached hydrogen (secondary N) is 1. The molecule has 1 aromatic heterocycles. The number of nitrogens with zero attached hydrogens (tertiary/aromatic N) is 3. The lowest BCUT2D eigenvalue weighted by Crippen LogP contribution is -2.34. The lowest BCUT2D eigenvalue weighted by Gasteiger charge is -2.25. The van der Waals surface area contributed by atoms with Gasteiger partial charge >= 0.3 is 0 Å². The quantitative estimate of drug-likeness (QED) is 0.860. The van der Waals surface area contributed by atoms with Gasteiger partial charge in [-0.1, -0.05) is 25.4 Å². The molecule has 5 heteroatoms. The van der Waals surface area contributed by atoms with Gasteiger partial charge in [0.15, 0.2) is 5.82 Å². The van der Waals surface area contributed by atoms with Crippen LogP contribution in [-0.2, 0) is 13.0 Å². The molecule has 2 saturated heterocycles.